The first-order chi connectivity index (χ1) is 8.22. The zero-order valence-electron chi connectivity index (χ0n) is 9.54. The third-order valence-corrected chi connectivity index (χ3v) is 2.22. The Balaban J connectivity index is 2.30. The van der Waals surface area contributed by atoms with Crippen LogP contribution in [0.15, 0.2) is 30.6 Å². The van der Waals surface area contributed by atoms with Crippen LogP contribution in [-0.4, -0.2) is 16.9 Å². The van der Waals surface area contributed by atoms with E-state index in [-0.39, 0.29) is 0 Å². The van der Waals surface area contributed by atoms with E-state index in [1.807, 2.05) is 0 Å². The van der Waals surface area contributed by atoms with Crippen molar-refractivity contribution >= 4 is 0 Å². The van der Waals surface area contributed by atoms with Crippen LogP contribution < -0.4 is 9.47 Å². The second kappa shape index (κ2) is 4.58. The van der Waals surface area contributed by atoms with Crippen LogP contribution in [-0.2, 0) is 7.05 Å². The molecule has 1 aromatic heterocycles. The van der Waals surface area contributed by atoms with Gasteiger partial charge < -0.3 is 9.47 Å². The predicted octanol–water partition coefficient (Wildman–Crippen LogP) is 2.09. The quantitative estimate of drug-likeness (QED) is 0.808. The molecule has 5 heteroatoms. The van der Waals surface area contributed by atoms with E-state index >= 15 is 0 Å². The third kappa shape index (κ3) is 2.37. The highest BCUT2D eigenvalue weighted by molar-refractivity contribution is 5.48. The minimum atomic E-state index is 0.424. The van der Waals surface area contributed by atoms with Gasteiger partial charge in [-0.25, -0.2) is 0 Å². The number of benzene rings is 1. The van der Waals surface area contributed by atoms with Crippen LogP contribution in [0.3, 0.4) is 0 Å². The molecule has 86 valence electrons. The summed E-state index contributed by atoms with van der Waals surface area (Å²) in [7, 11) is 3.35. The Labute approximate surface area is 98.8 Å². The fourth-order valence-electron chi connectivity index (χ4n) is 1.39. The molecule has 2 aromatic rings. The molecule has 5 nitrogen and oxygen atoms in total. The first-order valence-corrected chi connectivity index (χ1v) is 4.97. The van der Waals surface area contributed by atoms with Gasteiger partial charge >= 0.3 is 0 Å². The van der Waals surface area contributed by atoms with Crippen molar-refractivity contribution in [1.29, 1.82) is 5.26 Å². The summed E-state index contributed by atoms with van der Waals surface area (Å²) in [6.45, 7) is 0. The second-order valence-corrected chi connectivity index (χ2v) is 3.43. The molecule has 0 radical (unpaired) electrons. The minimum absolute atomic E-state index is 0.424. The molecule has 0 spiro atoms. The van der Waals surface area contributed by atoms with Gasteiger partial charge in [0.25, 0.3) is 0 Å². The Hall–Kier alpha value is -2.48. The molecule has 0 aliphatic carbocycles. The molecule has 0 unspecified atom stereocenters. The molecule has 0 aliphatic heterocycles. The van der Waals surface area contributed by atoms with Crippen molar-refractivity contribution in [2.45, 2.75) is 0 Å². The van der Waals surface area contributed by atoms with E-state index in [1.54, 1.807) is 49.4 Å². The maximum absolute atomic E-state index is 9.02. The smallest absolute Gasteiger partial charge is 0.165 e. The summed E-state index contributed by atoms with van der Waals surface area (Å²) in [4.78, 5) is 0. The van der Waals surface area contributed by atoms with Crippen molar-refractivity contribution in [3.05, 3.63) is 36.2 Å². The van der Waals surface area contributed by atoms with Crippen molar-refractivity contribution in [2.24, 2.45) is 7.05 Å². The van der Waals surface area contributed by atoms with Gasteiger partial charge in [-0.15, -0.1) is 0 Å². The van der Waals surface area contributed by atoms with E-state index in [0.717, 1.165) is 0 Å². The Bertz CT molecular complexity index is 569. The number of nitriles is 1. The van der Waals surface area contributed by atoms with Crippen LogP contribution in [0.5, 0.6) is 17.2 Å². The largest absolute Gasteiger partial charge is 0.497 e. The lowest BCUT2D eigenvalue weighted by atomic mass is 10.2. The maximum atomic E-state index is 9.02. The fraction of sp³-hybridized carbons (Fsp3) is 0.167. The number of methoxy groups -OCH3 is 1. The van der Waals surface area contributed by atoms with Gasteiger partial charge in [0, 0.05) is 13.1 Å². The molecular formula is C12H11N3O2. The molecule has 17 heavy (non-hydrogen) atoms. The zero-order chi connectivity index (χ0) is 12.3. The molecule has 0 amide bonds. The van der Waals surface area contributed by atoms with E-state index in [9.17, 15) is 0 Å². The van der Waals surface area contributed by atoms with E-state index in [0.29, 0.717) is 22.8 Å². The van der Waals surface area contributed by atoms with Crippen LogP contribution in [0.2, 0.25) is 0 Å². The van der Waals surface area contributed by atoms with Crippen LogP contribution in [0.25, 0.3) is 0 Å². The van der Waals surface area contributed by atoms with Gasteiger partial charge in [-0.1, -0.05) is 0 Å². The summed E-state index contributed by atoms with van der Waals surface area (Å²) >= 11 is 0. The van der Waals surface area contributed by atoms with E-state index in [4.69, 9.17) is 14.7 Å². The summed E-state index contributed by atoms with van der Waals surface area (Å²) in [5, 5.41) is 13.0. The lowest BCUT2D eigenvalue weighted by Gasteiger charge is -2.06. The van der Waals surface area contributed by atoms with Crippen LogP contribution in [0.4, 0.5) is 0 Å². The Morgan fingerprint density at radius 1 is 1.35 bits per heavy atom. The van der Waals surface area contributed by atoms with Gasteiger partial charge in [0.2, 0.25) is 0 Å². The first-order valence-electron chi connectivity index (χ1n) is 4.97. The molecule has 0 fully saturated rings. The number of nitrogens with zero attached hydrogens (tertiary/aromatic N) is 3. The number of ether oxygens (including phenoxy) is 2. The first kappa shape index (κ1) is 11.0. The van der Waals surface area contributed by atoms with E-state index in [2.05, 4.69) is 11.2 Å². The van der Waals surface area contributed by atoms with E-state index < -0.39 is 0 Å². The van der Waals surface area contributed by atoms with E-state index in [1.165, 1.54) is 0 Å². The highest BCUT2D eigenvalue weighted by Crippen LogP contribution is 2.27. The van der Waals surface area contributed by atoms with Gasteiger partial charge in [0.05, 0.1) is 25.1 Å². The normalized spacial score (nSPS) is 9.71. The standard InChI is InChI=1S/C12H11N3O2/c1-15-8-11(7-14-15)17-12-4-3-10(16-2)5-9(12)6-13/h3-5,7-8H,1-2H3. The number of rotatable bonds is 3. The van der Waals surface area contributed by atoms with Crippen molar-refractivity contribution < 1.29 is 9.47 Å². The third-order valence-electron chi connectivity index (χ3n) is 2.22. The Kier molecular flexibility index (Phi) is 2.97. The molecule has 0 saturated carbocycles. The van der Waals surface area contributed by atoms with Crippen molar-refractivity contribution in [2.75, 3.05) is 7.11 Å². The Morgan fingerprint density at radius 2 is 2.18 bits per heavy atom. The SMILES string of the molecule is COc1ccc(Oc2cnn(C)c2)c(C#N)c1. The molecule has 0 N–H and O–H groups in total. The number of aryl methyl sites for hydroxylation is 1. The van der Waals surface area contributed by atoms with Crippen molar-refractivity contribution in [1.82, 2.24) is 9.78 Å². The van der Waals surface area contributed by atoms with Crippen LogP contribution in [0, 0.1) is 11.3 Å². The molecule has 0 bridgehead atoms. The van der Waals surface area contributed by atoms with Crippen LogP contribution >= 0.6 is 0 Å². The second-order valence-electron chi connectivity index (χ2n) is 3.43. The maximum Gasteiger partial charge on any atom is 0.165 e. The van der Waals surface area contributed by atoms with Crippen LogP contribution in [0.1, 0.15) is 5.56 Å². The van der Waals surface area contributed by atoms with Crippen molar-refractivity contribution in [3.8, 4) is 23.3 Å². The number of hydrogen-bond donors (Lipinski definition) is 0. The highest BCUT2D eigenvalue weighted by atomic mass is 16.5. The van der Waals surface area contributed by atoms with Gasteiger partial charge in [-0.05, 0) is 12.1 Å². The molecule has 0 aliphatic rings. The summed E-state index contributed by atoms with van der Waals surface area (Å²) < 4.78 is 12.2. The average molecular weight is 229 g/mol. The lowest BCUT2D eigenvalue weighted by molar-refractivity contribution is 0.412. The summed E-state index contributed by atoms with van der Waals surface area (Å²) in [6, 6.07) is 7.14. The molecule has 1 heterocycles. The highest BCUT2D eigenvalue weighted by Gasteiger charge is 2.07. The number of aromatic nitrogens is 2. The predicted molar refractivity (Wildman–Crippen MR) is 61.0 cm³/mol. The average Bonchev–Trinajstić information content (AvgIpc) is 2.75. The van der Waals surface area contributed by atoms with Gasteiger partial charge in [-0.3, -0.25) is 4.68 Å². The topological polar surface area (TPSA) is 60.1 Å². The molecule has 0 atom stereocenters. The fourth-order valence-corrected chi connectivity index (χ4v) is 1.39. The monoisotopic (exact) mass is 229 g/mol. The van der Waals surface area contributed by atoms with Gasteiger partial charge in [0.15, 0.2) is 5.75 Å². The molecule has 1 aromatic carbocycles. The Morgan fingerprint density at radius 3 is 2.76 bits per heavy atom. The summed E-state index contributed by atoms with van der Waals surface area (Å²) in [5.74, 6) is 1.70. The minimum Gasteiger partial charge on any atom is -0.497 e. The molecule has 0 saturated heterocycles. The lowest BCUT2D eigenvalue weighted by Crippen LogP contribution is -1.89. The van der Waals surface area contributed by atoms with Crippen molar-refractivity contribution in [3.63, 3.8) is 0 Å². The molecular weight excluding hydrogens is 218 g/mol. The van der Waals surface area contributed by atoms with Gasteiger partial charge in [0.1, 0.15) is 17.6 Å². The summed E-state index contributed by atoms with van der Waals surface area (Å²) in [5.41, 5.74) is 0.424. The number of hydrogen-bond acceptors (Lipinski definition) is 4. The summed E-state index contributed by atoms with van der Waals surface area (Å²) in [6.07, 6.45) is 3.32. The molecule has 2 rings (SSSR count). The zero-order valence-corrected chi connectivity index (χ0v) is 9.54. The van der Waals surface area contributed by atoms with Gasteiger partial charge in [-0.2, -0.15) is 10.4 Å².